The number of rotatable bonds is 6. The summed E-state index contributed by atoms with van der Waals surface area (Å²) in [5.74, 6) is 1.39. The maximum Gasteiger partial charge on any atom is 0.309 e. The second-order valence-corrected chi connectivity index (χ2v) is 9.52. The van der Waals surface area contributed by atoms with Crippen molar-refractivity contribution >= 4 is 40.1 Å². The Labute approximate surface area is 189 Å². The normalized spacial score (nSPS) is 19.9. The number of esters is 1. The van der Waals surface area contributed by atoms with Crippen LogP contribution in [0.4, 0.5) is 17.5 Å². The number of fused-ring (bicyclic) bond motifs is 1. The smallest absolute Gasteiger partial charge is 0.309 e. The number of anilines is 3. The Hall–Kier alpha value is -3.01. The fraction of sp³-hybridized carbons (Fsp3) is 0.455. The molecule has 1 amide bonds. The van der Waals surface area contributed by atoms with Crippen LogP contribution in [-0.2, 0) is 38.0 Å². The van der Waals surface area contributed by atoms with Gasteiger partial charge in [-0.15, -0.1) is 0 Å². The van der Waals surface area contributed by atoms with Crippen molar-refractivity contribution in [1.82, 2.24) is 15.3 Å². The number of nitrogens with zero attached hydrogens (tertiary/aromatic N) is 3. The van der Waals surface area contributed by atoms with Crippen LogP contribution in [0.5, 0.6) is 0 Å². The van der Waals surface area contributed by atoms with Crippen LogP contribution in [0.25, 0.3) is 0 Å². The fourth-order valence-corrected chi connectivity index (χ4v) is 5.35. The van der Waals surface area contributed by atoms with Gasteiger partial charge >= 0.3 is 5.97 Å². The van der Waals surface area contributed by atoms with Crippen LogP contribution in [0, 0.1) is 0 Å². The molecule has 2 aliphatic heterocycles. The molecule has 10 heteroatoms. The van der Waals surface area contributed by atoms with Gasteiger partial charge < -0.3 is 20.3 Å². The molecule has 1 aromatic heterocycles. The molecule has 1 saturated heterocycles. The van der Waals surface area contributed by atoms with E-state index in [2.05, 4.69) is 15.5 Å². The highest BCUT2D eigenvalue weighted by atomic mass is 32.2. The van der Waals surface area contributed by atoms with E-state index in [1.807, 2.05) is 24.3 Å². The van der Waals surface area contributed by atoms with Gasteiger partial charge in [-0.3, -0.25) is 13.8 Å². The van der Waals surface area contributed by atoms with E-state index < -0.39 is 10.8 Å². The number of aromatic nitrogens is 2. The third-order valence-electron chi connectivity index (χ3n) is 5.57. The van der Waals surface area contributed by atoms with Crippen LogP contribution in [0.2, 0.25) is 0 Å². The summed E-state index contributed by atoms with van der Waals surface area (Å²) >= 11 is 0. The summed E-state index contributed by atoms with van der Waals surface area (Å²) in [5, 5.41) is 6.26. The average molecular weight is 458 g/mol. The van der Waals surface area contributed by atoms with E-state index in [9.17, 15) is 13.8 Å². The van der Waals surface area contributed by atoms with Gasteiger partial charge in [-0.1, -0.05) is 12.1 Å². The maximum absolute atomic E-state index is 12.8. The molecule has 0 saturated carbocycles. The lowest BCUT2D eigenvalue weighted by Gasteiger charge is -2.23. The molecule has 32 heavy (non-hydrogen) atoms. The highest BCUT2D eigenvalue weighted by Crippen LogP contribution is 2.32. The van der Waals surface area contributed by atoms with Crippen molar-refractivity contribution in [3.63, 3.8) is 0 Å². The van der Waals surface area contributed by atoms with E-state index in [1.165, 1.54) is 14.0 Å². The Bertz CT molecular complexity index is 1040. The second kappa shape index (κ2) is 9.64. The number of benzene rings is 1. The second-order valence-electron chi connectivity index (χ2n) is 8.01. The van der Waals surface area contributed by atoms with Crippen molar-refractivity contribution in [3.8, 4) is 0 Å². The molecule has 2 N–H and O–H groups in total. The summed E-state index contributed by atoms with van der Waals surface area (Å²) in [6.07, 6.45) is 2.62. The summed E-state index contributed by atoms with van der Waals surface area (Å²) in [4.78, 5) is 35.1. The summed E-state index contributed by atoms with van der Waals surface area (Å²) in [7, 11) is 0.205. The zero-order chi connectivity index (χ0) is 22.7. The predicted octanol–water partition coefficient (Wildman–Crippen LogP) is 1.70. The van der Waals surface area contributed by atoms with Crippen LogP contribution in [0.1, 0.15) is 31.0 Å². The van der Waals surface area contributed by atoms with Gasteiger partial charge in [0.25, 0.3) is 0 Å². The zero-order valence-electron chi connectivity index (χ0n) is 18.2. The van der Waals surface area contributed by atoms with Crippen LogP contribution in [-0.4, -0.2) is 58.0 Å². The fourth-order valence-electron chi connectivity index (χ4n) is 4.02. The number of ether oxygens (including phenoxy) is 1. The summed E-state index contributed by atoms with van der Waals surface area (Å²) in [6, 6.07) is 7.49. The summed E-state index contributed by atoms with van der Waals surface area (Å²) < 4.78 is 17.5. The minimum Gasteiger partial charge on any atom is -0.469 e. The Balaban J connectivity index is 1.59. The molecule has 170 valence electrons. The topological polar surface area (TPSA) is 114 Å². The van der Waals surface area contributed by atoms with Gasteiger partial charge in [0.1, 0.15) is 4.90 Å². The predicted molar refractivity (Wildman–Crippen MR) is 122 cm³/mol. The van der Waals surface area contributed by atoms with E-state index >= 15 is 0 Å². The Morgan fingerprint density at radius 3 is 2.75 bits per heavy atom. The van der Waals surface area contributed by atoms with Gasteiger partial charge in [-0.05, 0) is 37.0 Å². The molecule has 0 spiro atoms. The van der Waals surface area contributed by atoms with Crippen LogP contribution >= 0.6 is 0 Å². The van der Waals surface area contributed by atoms with Gasteiger partial charge in [0, 0.05) is 37.5 Å². The Kier molecular flexibility index (Phi) is 6.69. The van der Waals surface area contributed by atoms with E-state index in [4.69, 9.17) is 14.7 Å². The van der Waals surface area contributed by atoms with Crippen molar-refractivity contribution < 1.29 is 18.5 Å². The van der Waals surface area contributed by atoms with E-state index in [1.54, 1.807) is 0 Å². The molecule has 2 aromatic rings. The van der Waals surface area contributed by atoms with Gasteiger partial charge in [-0.25, -0.2) is 4.98 Å². The minimum absolute atomic E-state index is 0.0448. The molecule has 0 unspecified atom stereocenters. The van der Waals surface area contributed by atoms with Gasteiger partial charge in [-0.2, -0.15) is 4.98 Å². The summed E-state index contributed by atoms with van der Waals surface area (Å²) in [5.41, 5.74) is 2.44. The molecule has 2 atom stereocenters. The highest BCUT2D eigenvalue weighted by Gasteiger charge is 2.29. The Morgan fingerprint density at radius 2 is 2.03 bits per heavy atom. The molecule has 0 aliphatic carbocycles. The number of methoxy groups -OCH3 is 1. The lowest BCUT2D eigenvalue weighted by atomic mass is 10.1. The molecule has 0 bridgehead atoms. The van der Waals surface area contributed by atoms with Crippen LogP contribution in [0.15, 0.2) is 29.2 Å². The number of carbonyl (C=O) groups excluding carboxylic acids is 2. The standard InChI is InChI=1S/C22H27N5O4S/c1-14(28)23-17-9-10-27(13-17)22-25-18-4-3-11-32(30)20(18)21(26-22)24-16-7-5-15(6-8-16)12-19(29)31-2/h5-8,17H,3-4,9-13H2,1-2H3,(H,23,28)(H,24,25,26)/t17-,32+/m0/s1. The third-order valence-corrected chi connectivity index (χ3v) is 7.11. The van der Waals surface area contributed by atoms with Crippen molar-refractivity contribution in [3.05, 3.63) is 35.5 Å². The average Bonchev–Trinajstić information content (AvgIpc) is 3.22. The number of amides is 1. The van der Waals surface area contributed by atoms with Gasteiger partial charge in [0.05, 0.1) is 30.0 Å². The monoisotopic (exact) mass is 457 g/mol. The number of nitrogens with one attached hydrogen (secondary N) is 2. The molecular weight excluding hydrogens is 430 g/mol. The van der Waals surface area contributed by atoms with E-state index in [-0.39, 0.29) is 24.3 Å². The highest BCUT2D eigenvalue weighted by molar-refractivity contribution is 7.85. The molecule has 3 heterocycles. The van der Waals surface area contributed by atoms with Crippen LogP contribution in [0.3, 0.4) is 0 Å². The molecule has 2 aliphatic rings. The first-order valence-electron chi connectivity index (χ1n) is 10.7. The summed E-state index contributed by atoms with van der Waals surface area (Å²) in [6.45, 7) is 2.91. The van der Waals surface area contributed by atoms with Crippen molar-refractivity contribution in [1.29, 1.82) is 0 Å². The maximum atomic E-state index is 12.8. The first-order valence-corrected chi connectivity index (χ1v) is 12.0. The van der Waals surface area contributed by atoms with Gasteiger partial charge in [0.15, 0.2) is 5.82 Å². The number of hydrogen-bond donors (Lipinski definition) is 2. The van der Waals surface area contributed by atoms with Crippen molar-refractivity contribution in [2.24, 2.45) is 0 Å². The SMILES string of the molecule is COC(=O)Cc1ccc(Nc2nc(N3CC[C@H](NC(C)=O)C3)nc3c2[S@](=O)CCC3)cc1. The number of carbonyl (C=O) groups is 2. The van der Waals surface area contributed by atoms with Crippen molar-refractivity contribution in [2.45, 2.75) is 43.5 Å². The van der Waals surface area contributed by atoms with Crippen LogP contribution < -0.4 is 15.5 Å². The van der Waals surface area contributed by atoms with Crippen molar-refractivity contribution in [2.75, 3.05) is 36.2 Å². The molecule has 4 rings (SSSR count). The van der Waals surface area contributed by atoms with E-state index in [0.717, 1.165) is 42.8 Å². The molecule has 1 fully saturated rings. The largest absolute Gasteiger partial charge is 0.469 e. The Morgan fingerprint density at radius 1 is 1.25 bits per heavy atom. The number of hydrogen-bond acceptors (Lipinski definition) is 8. The molecule has 1 aromatic carbocycles. The molecule has 0 radical (unpaired) electrons. The molecule has 9 nitrogen and oxygen atoms in total. The third kappa shape index (κ3) is 5.07. The lowest BCUT2D eigenvalue weighted by Crippen LogP contribution is -2.36. The zero-order valence-corrected chi connectivity index (χ0v) is 19.0. The molecular formula is C22H27N5O4S. The first kappa shape index (κ1) is 22.2. The quantitative estimate of drug-likeness (QED) is 0.630. The number of aryl methyl sites for hydroxylation is 1. The first-order chi connectivity index (χ1) is 15.4. The lowest BCUT2D eigenvalue weighted by molar-refractivity contribution is -0.139. The minimum atomic E-state index is -1.16. The van der Waals surface area contributed by atoms with E-state index in [0.29, 0.717) is 29.0 Å². The van der Waals surface area contributed by atoms with Gasteiger partial charge in [0.2, 0.25) is 11.9 Å².